The Bertz CT molecular complexity index is 772. The molecular weight excluding hydrogens is 316 g/mol. The molecule has 0 aliphatic heterocycles. The topological polar surface area (TPSA) is 73.5 Å². The van der Waals surface area contributed by atoms with Crippen molar-refractivity contribution in [3.8, 4) is 0 Å². The Hall–Kier alpha value is -3.02. The minimum atomic E-state index is -0.416. The van der Waals surface area contributed by atoms with Crippen molar-refractivity contribution < 1.29 is 9.59 Å². The molecule has 132 valence electrons. The van der Waals surface area contributed by atoms with E-state index < -0.39 is 6.03 Å². The highest BCUT2D eigenvalue weighted by Gasteiger charge is 2.08. The van der Waals surface area contributed by atoms with Crippen molar-refractivity contribution in [2.24, 2.45) is 0 Å². The van der Waals surface area contributed by atoms with Crippen LogP contribution in [0.25, 0.3) is 0 Å². The van der Waals surface area contributed by atoms with Gasteiger partial charge in [0.25, 0.3) is 0 Å². The van der Waals surface area contributed by atoms with Crippen molar-refractivity contribution in [1.29, 1.82) is 0 Å². The maximum absolute atomic E-state index is 12.0. The highest BCUT2D eigenvalue weighted by atomic mass is 16.2. The summed E-state index contributed by atoms with van der Waals surface area (Å²) in [5.74, 6) is -0.278. The van der Waals surface area contributed by atoms with Gasteiger partial charge in [0.1, 0.15) is 0 Å². The second kappa shape index (κ2) is 8.19. The van der Waals surface area contributed by atoms with Gasteiger partial charge in [-0.1, -0.05) is 12.1 Å². The van der Waals surface area contributed by atoms with Gasteiger partial charge >= 0.3 is 6.03 Å². The van der Waals surface area contributed by atoms with Crippen LogP contribution in [0.1, 0.15) is 11.1 Å². The quantitative estimate of drug-likeness (QED) is 0.783. The van der Waals surface area contributed by atoms with Crippen LogP contribution < -0.4 is 20.9 Å². The van der Waals surface area contributed by atoms with Crippen molar-refractivity contribution in [3.05, 3.63) is 53.6 Å². The van der Waals surface area contributed by atoms with E-state index in [9.17, 15) is 9.59 Å². The number of amides is 3. The number of carbonyl (C=O) groups is 2. The van der Waals surface area contributed by atoms with Crippen LogP contribution in [-0.2, 0) is 4.79 Å². The molecule has 3 amide bonds. The molecule has 6 heteroatoms. The Balaban J connectivity index is 1.85. The minimum absolute atomic E-state index is 0.105. The Kier molecular flexibility index (Phi) is 6.00. The summed E-state index contributed by atoms with van der Waals surface area (Å²) >= 11 is 0. The Labute approximate surface area is 148 Å². The number of urea groups is 1. The van der Waals surface area contributed by atoms with Crippen LogP contribution in [0.15, 0.2) is 42.5 Å². The number of aryl methyl sites for hydroxylation is 2. The van der Waals surface area contributed by atoms with E-state index in [1.807, 2.05) is 69.2 Å². The van der Waals surface area contributed by atoms with E-state index >= 15 is 0 Å². The van der Waals surface area contributed by atoms with Crippen molar-refractivity contribution in [2.75, 3.05) is 36.2 Å². The first-order valence-electron chi connectivity index (χ1n) is 8.04. The Morgan fingerprint density at radius 3 is 2.40 bits per heavy atom. The summed E-state index contributed by atoms with van der Waals surface area (Å²) in [6.45, 7) is 3.77. The van der Waals surface area contributed by atoms with Crippen molar-refractivity contribution in [1.82, 2.24) is 5.32 Å². The first-order chi connectivity index (χ1) is 11.8. The zero-order chi connectivity index (χ0) is 18.4. The lowest BCUT2D eigenvalue weighted by molar-refractivity contribution is -0.115. The van der Waals surface area contributed by atoms with Crippen LogP contribution in [0.2, 0.25) is 0 Å². The summed E-state index contributed by atoms with van der Waals surface area (Å²) in [6.07, 6.45) is 0. The number of rotatable bonds is 5. The Morgan fingerprint density at radius 2 is 1.76 bits per heavy atom. The fourth-order valence-electron chi connectivity index (χ4n) is 2.32. The van der Waals surface area contributed by atoms with E-state index in [0.717, 1.165) is 22.5 Å². The van der Waals surface area contributed by atoms with Gasteiger partial charge in [-0.3, -0.25) is 4.79 Å². The molecule has 0 aliphatic rings. The molecular formula is C19H24N4O2. The highest BCUT2D eigenvalue weighted by molar-refractivity contribution is 5.97. The predicted octanol–water partition coefficient (Wildman–Crippen LogP) is 3.13. The fourth-order valence-corrected chi connectivity index (χ4v) is 2.32. The number of hydrogen-bond donors (Lipinski definition) is 3. The standard InChI is InChI=1S/C19H24N4O2/c1-13-6-5-7-15(10-13)21-19(25)20-12-18(24)22-17-9-8-16(23(3)4)11-14(17)2/h5-11H,12H2,1-4H3,(H,22,24)(H2,20,21,25). The van der Waals surface area contributed by atoms with Crippen LogP contribution >= 0.6 is 0 Å². The van der Waals surface area contributed by atoms with Crippen LogP contribution in [0.3, 0.4) is 0 Å². The lowest BCUT2D eigenvalue weighted by Crippen LogP contribution is -2.35. The van der Waals surface area contributed by atoms with E-state index in [2.05, 4.69) is 16.0 Å². The largest absolute Gasteiger partial charge is 0.378 e. The minimum Gasteiger partial charge on any atom is -0.378 e. The molecule has 0 aliphatic carbocycles. The number of nitrogens with zero attached hydrogens (tertiary/aromatic N) is 1. The third-order valence-electron chi connectivity index (χ3n) is 3.69. The summed E-state index contributed by atoms with van der Waals surface area (Å²) in [5.41, 5.74) is 4.49. The van der Waals surface area contributed by atoms with Crippen LogP contribution in [-0.4, -0.2) is 32.6 Å². The molecule has 0 aromatic heterocycles. The van der Waals surface area contributed by atoms with Crippen LogP contribution in [0.5, 0.6) is 0 Å². The van der Waals surface area contributed by atoms with Gasteiger partial charge < -0.3 is 20.9 Å². The normalized spacial score (nSPS) is 10.1. The van der Waals surface area contributed by atoms with Crippen molar-refractivity contribution >= 4 is 29.0 Å². The van der Waals surface area contributed by atoms with E-state index in [1.54, 1.807) is 6.07 Å². The summed E-state index contributed by atoms with van der Waals surface area (Å²) in [6, 6.07) is 12.8. The zero-order valence-corrected chi connectivity index (χ0v) is 15.0. The third-order valence-corrected chi connectivity index (χ3v) is 3.69. The molecule has 2 aromatic rings. The summed E-state index contributed by atoms with van der Waals surface area (Å²) in [5, 5.41) is 8.05. The summed E-state index contributed by atoms with van der Waals surface area (Å²) in [7, 11) is 3.92. The van der Waals surface area contributed by atoms with Gasteiger partial charge in [0, 0.05) is 31.2 Å². The number of carbonyl (C=O) groups excluding carboxylic acids is 2. The summed E-state index contributed by atoms with van der Waals surface area (Å²) in [4.78, 5) is 25.9. The lowest BCUT2D eigenvalue weighted by atomic mass is 10.1. The van der Waals surface area contributed by atoms with Gasteiger partial charge in [-0.15, -0.1) is 0 Å². The van der Waals surface area contributed by atoms with E-state index in [4.69, 9.17) is 0 Å². The van der Waals surface area contributed by atoms with E-state index in [-0.39, 0.29) is 12.5 Å². The van der Waals surface area contributed by atoms with Gasteiger partial charge in [0.15, 0.2) is 0 Å². The molecule has 0 bridgehead atoms. The van der Waals surface area contributed by atoms with Crippen molar-refractivity contribution in [3.63, 3.8) is 0 Å². The molecule has 2 aromatic carbocycles. The second-order valence-corrected chi connectivity index (χ2v) is 6.12. The predicted molar refractivity (Wildman–Crippen MR) is 102 cm³/mol. The molecule has 0 saturated carbocycles. The van der Waals surface area contributed by atoms with E-state index in [0.29, 0.717) is 5.69 Å². The average Bonchev–Trinajstić information content (AvgIpc) is 2.54. The van der Waals surface area contributed by atoms with Gasteiger partial charge in [0.05, 0.1) is 6.54 Å². The molecule has 0 radical (unpaired) electrons. The van der Waals surface area contributed by atoms with Gasteiger partial charge in [-0.2, -0.15) is 0 Å². The smallest absolute Gasteiger partial charge is 0.319 e. The first kappa shape index (κ1) is 18.3. The molecule has 2 rings (SSSR count). The average molecular weight is 340 g/mol. The zero-order valence-electron chi connectivity index (χ0n) is 15.0. The number of hydrogen-bond acceptors (Lipinski definition) is 3. The van der Waals surface area contributed by atoms with Gasteiger partial charge in [-0.25, -0.2) is 4.79 Å². The highest BCUT2D eigenvalue weighted by Crippen LogP contribution is 2.21. The third kappa shape index (κ3) is 5.53. The van der Waals surface area contributed by atoms with E-state index in [1.165, 1.54) is 0 Å². The number of nitrogens with one attached hydrogen (secondary N) is 3. The maximum Gasteiger partial charge on any atom is 0.319 e. The number of benzene rings is 2. The Morgan fingerprint density at radius 1 is 1.00 bits per heavy atom. The molecule has 25 heavy (non-hydrogen) atoms. The molecule has 0 fully saturated rings. The van der Waals surface area contributed by atoms with Crippen molar-refractivity contribution in [2.45, 2.75) is 13.8 Å². The van der Waals surface area contributed by atoms with Gasteiger partial charge in [-0.05, 0) is 55.3 Å². The summed E-state index contributed by atoms with van der Waals surface area (Å²) < 4.78 is 0. The molecule has 0 spiro atoms. The first-order valence-corrected chi connectivity index (χ1v) is 8.04. The molecule has 3 N–H and O–H groups in total. The number of anilines is 3. The maximum atomic E-state index is 12.0. The molecule has 0 saturated heterocycles. The van der Waals surface area contributed by atoms with Crippen LogP contribution in [0, 0.1) is 13.8 Å². The molecule has 0 unspecified atom stereocenters. The monoisotopic (exact) mass is 340 g/mol. The molecule has 0 atom stereocenters. The lowest BCUT2D eigenvalue weighted by Gasteiger charge is -2.15. The SMILES string of the molecule is Cc1cccc(NC(=O)NCC(=O)Nc2ccc(N(C)C)cc2C)c1. The fraction of sp³-hybridized carbons (Fsp3) is 0.263. The molecule has 6 nitrogen and oxygen atoms in total. The second-order valence-electron chi connectivity index (χ2n) is 6.12. The van der Waals surface area contributed by atoms with Gasteiger partial charge in [0.2, 0.25) is 5.91 Å². The van der Waals surface area contributed by atoms with Crippen LogP contribution in [0.4, 0.5) is 21.9 Å². The molecule has 0 heterocycles.